The van der Waals surface area contributed by atoms with Crippen molar-refractivity contribution in [3.63, 3.8) is 0 Å². The van der Waals surface area contributed by atoms with Gasteiger partial charge < -0.3 is 0 Å². The molecule has 1 unspecified atom stereocenters. The van der Waals surface area contributed by atoms with E-state index in [0.29, 0.717) is 31.7 Å². The Kier molecular flexibility index (Phi) is 5.79. The molecule has 0 saturated carbocycles. The topological polar surface area (TPSA) is 58.5 Å². The largest absolute Gasteiger partial charge is 0.253 e. The SMILES string of the molecule is C=C1C=CC(=Nc2ncnc3c2CN(S(C)(=O)=CCc2ccccc2)C3)Cc2ccccc21. The molecule has 2 aromatic carbocycles. The lowest BCUT2D eigenvalue weighted by Crippen LogP contribution is -2.26. The molecule has 0 amide bonds. The minimum absolute atomic E-state index is 0.524. The van der Waals surface area contributed by atoms with Gasteiger partial charge in [-0.25, -0.2) is 19.3 Å². The van der Waals surface area contributed by atoms with Crippen LogP contribution >= 0.6 is 0 Å². The second kappa shape index (κ2) is 8.89. The van der Waals surface area contributed by atoms with E-state index in [1.54, 1.807) is 12.6 Å². The lowest BCUT2D eigenvalue weighted by atomic mass is 10.00. The first-order valence-electron chi connectivity index (χ1n) is 11.0. The molecule has 5 nitrogen and oxygen atoms in total. The fourth-order valence-corrected chi connectivity index (χ4v) is 5.68. The van der Waals surface area contributed by atoms with Crippen LogP contribution in [0.15, 0.2) is 84.6 Å². The van der Waals surface area contributed by atoms with Crippen molar-refractivity contribution in [2.75, 3.05) is 6.26 Å². The molecule has 0 fully saturated rings. The van der Waals surface area contributed by atoms with E-state index in [4.69, 9.17) is 4.99 Å². The van der Waals surface area contributed by atoms with Crippen molar-refractivity contribution in [2.45, 2.75) is 25.9 Å². The highest BCUT2D eigenvalue weighted by molar-refractivity contribution is 7.98. The zero-order valence-corrected chi connectivity index (χ0v) is 19.5. The van der Waals surface area contributed by atoms with Crippen LogP contribution in [0, 0.1) is 0 Å². The summed E-state index contributed by atoms with van der Waals surface area (Å²) in [4.78, 5) is 13.8. The molecule has 2 aliphatic rings. The molecule has 0 N–H and O–H groups in total. The minimum Gasteiger partial charge on any atom is -0.253 e. The molecule has 0 bridgehead atoms. The zero-order chi connectivity index (χ0) is 22.8. The summed E-state index contributed by atoms with van der Waals surface area (Å²) < 4.78 is 15.5. The summed E-state index contributed by atoms with van der Waals surface area (Å²) >= 11 is 0. The lowest BCUT2D eigenvalue weighted by Gasteiger charge is -2.18. The van der Waals surface area contributed by atoms with Gasteiger partial charge in [-0.15, -0.1) is 0 Å². The predicted molar refractivity (Wildman–Crippen MR) is 137 cm³/mol. The minimum atomic E-state index is -2.31. The smallest absolute Gasteiger partial charge is 0.160 e. The highest BCUT2D eigenvalue weighted by atomic mass is 32.2. The molecule has 0 saturated heterocycles. The van der Waals surface area contributed by atoms with Crippen LogP contribution in [0.25, 0.3) is 5.57 Å². The number of fused-ring (bicyclic) bond motifs is 2. The van der Waals surface area contributed by atoms with Crippen molar-refractivity contribution in [1.29, 1.82) is 0 Å². The van der Waals surface area contributed by atoms with Gasteiger partial charge in [0.25, 0.3) is 0 Å². The molecule has 5 rings (SSSR count). The first kappa shape index (κ1) is 21.5. The van der Waals surface area contributed by atoms with Gasteiger partial charge in [-0.1, -0.05) is 67.3 Å². The van der Waals surface area contributed by atoms with Crippen molar-refractivity contribution in [3.8, 4) is 0 Å². The molecule has 166 valence electrons. The Morgan fingerprint density at radius 2 is 1.85 bits per heavy atom. The van der Waals surface area contributed by atoms with Gasteiger partial charge >= 0.3 is 0 Å². The third-order valence-corrected chi connectivity index (χ3v) is 8.19. The van der Waals surface area contributed by atoms with Crippen LogP contribution in [-0.4, -0.2) is 35.8 Å². The Bertz CT molecular complexity index is 1400. The molecule has 1 atom stereocenters. The zero-order valence-electron chi connectivity index (χ0n) is 18.6. The molecule has 1 aliphatic carbocycles. The Balaban J connectivity index is 1.42. The van der Waals surface area contributed by atoms with E-state index in [2.05, 4.69) is 40.8 Å². The second-order valence-electron chi connectivity index (χ2n) is 8.43. The molecule has 0 radical (unpaired) electrons. The maximum Gasteiger partial charge on any atom is 0.160 e. The van der Waals surface area contributed by atoms with Crippen LogP contribution in [-0.2, 0) is 35.6 Å². The number of aromatic nitrogens is 2. The predicted octanol–water partition coefficient (Wildman–Crippen LogP) is 4.56. The molecule has 2 heterocycles. The van der Waals surface area contributed by atoms with Crippen LogP contribution < -0.4 is 0 Å². The maximum atomic E-state index is 13.5. The van der Waals surface area contributed by atoms with Crippen molar-refractivity contribution in [1.82, 2.24) is 14.3 Å². The van der Waals surface area contributed by atoms with Gasteiger partial charge in [-0.3, -0.25) is 4.21 Å². The number of hydrogen-bond acceptors (Lipinski definition) is 4. The number of rotatable bonds is 4. The summed E-state index contributed by atoms with van der Waals surface area (Å²) in [5, 5.41) is 1.92. The Morgan fingerprint density at radius 1 is 1.06 bits per heavy atom. The van der Waals surface area contributed by atoms with Gasteiger partial charge in [0.05, 0.1) is 12.2 Å². The summed E-state index contributed by atoms with van der Waals surface area (Å²) in [6.07, 6.45) is 8.76. The molecule has 1 aliphatic heterocycles. The summed E-state index contributed by atoms with van der Waals surface area (Å²) in [5.41, 5.74) is 7.26. The van der Waals surface area contributed by atoms with Gasteiger partial charge in [0, 0.05) is 40.2 Å². The Hall–Kier alpha value is -3.35. The maximum absolute atomic E-state index is 13.5. The van der Waals surface area contributed by atoms with E-state index < -0.39 is 9.71 Å². The van der Waals surface area contributed by atoms with Crippen molar-refractivity contribution >= 4 is 32.2 Å². The molecule has 3 aromatic rings. The fraction of sp³-hybridized carbons (Fsp3) is 0.185. The molecular weight excluding hydrogens is 428 g/mol. The van der Waals surface area contributed by atoms with E-state index in [-0.39, 0.29) is 0 Å². The van der Waals surface area contributed by atoms with Crippen LogP contribution in [0.5, 0.6) is 0 Å². The van der Waals surface area contributed by atoms with E-state index in [0.717, 1.165) is 33.7 Å². The van der Waals surface area contributed by atoms with E-state index in [9.17, 15) is 4.21 Å². The Labute approximate surface area is 195 Å². The van der Waals surface area contributed by atoms with Gasteiger partial charge in [0.15, 0.2) is 5.82 Å². The number of aliphatic imine (C=N–C) groups is 1. The fourth-order valence-electron chi connectivity index (χ4n) is 4.20. The quantitative estimate of drug-likeness (QED) is 0.543. The molecular formula is C27H26N4OS. The summed E-state index contributed by atoms with van der Waals surface area (Å²) in [6.45, 7) is 5.24. The van der Waals surface area contributed by atoms with Crippen molar-refractivity contribution in [2.24, 2.45) is 4.99 Å². The average Bonchev–Trinajstić information content (AvgIpc) is 3.22. The van der Waals surface area contributed by atoms with E-state index in [1.165, 1.54) is 5.56 Å². The summed E-state index contributed by atoms with van der Waals surface area (Å²) in [7, 11) is -2.31. The molecule has 0 spiro atoms. The summed E-state index contributed by atoms with van der Waals surface area (Å²) in [6, 6.07) is 18.4. The van der Waals surface area contributed by atoms with Crippen LogP contribution in [0.4, 0.5) is 5.82 Å². The highest BCUT2D eigenvalue weighted by Crippen LogP contribution is 2.31. The number of benzene rings is 2. The number of nitrogens with zero attached hydrogens (tertiary/aromatic N) is 4. The number of allylic oxidation sites excluding steroid dienone is 3. The van der Waals surface area contributed by atoms with Crippen LogP contribution in [0.1, 0.15) is 27.9 Å². The van der Waals surface area contributed by atoms with Crippen LogP contribution in [0.2, 0.25) is 0 Å². The third-order valence-electron chi connectivity index (χ3n) is 6.12. The van der Waals surface area contributed by atoms with Gasteiger partial charge in [0.2, 0.25) is 0 Å². The molecule has 1 aromatic heterocycles. The first-order valence-corrected chi connectivity index (χ1v) is 13.0. The second-order valence-corrected chi connectivity index (χ2v) is 11.0. The van der Waals surface area contributed by atoms with Crippen molar-refractivity contribution < 1.29 is 4.21 Å². The van der Waals surface area contributed by atoms with E-state index in [1.807, 2.05) is 52.2 Å². The number of hydrogen-bond donors (Lipinski definition) is 0. The lowest BCUT2D eigenvalue weighted by molar-refractivity contribution is 0.472. The molecule has 6 heteroatoms. The van der Waals surface area contributed by atoms with E-state index >= 15 is 0 Å². The standard InChI is InChI=1S/C27H26N4OS/c1-20-12-13-23(16-22-10-6-7-11-24(20)22)30-27-25-17-31(18-26(25)28-19-29-27)33(2,32)15-14-21-8-4-3-5-9-21/h3-13,15,19H,1,14,16-18H2,2H3. The molecule has 33 heavy (non-hydrogen) atoms. The van der Waals surface area contributed by atoms with Gasteiger partial charge in [0.1, 0.15) is 6.33 Å². The van der Waals surface area contributed by atoms with Gasteiger partial charge in [-0.05, 0) is 40.1 Å². The normalized spacial score (nSPS) is 18.5. The van der Waals surface area contributed by atoms with Crippen molar-refractivity contribution in [3.05, 3.63) is 108 Å². The first-order chi connectivity index (χ1) is 16.0. The average molecular weight is 455 g/mol. The van der Waals surface area contributed by atoms with Gasteiger partial charge in [-0.2, -0.15) is 0 Å². The Morgan fingerprint density at radius 3 is 2.70 bits per heavy atom. The highest BCUT2D eigenvalue weighted by Gasteiger charge is 2.28. The van der Waals surface area contributed by atoms with Crippen LogP contribution in [0.3, 0.4) is 0 Å². The summed E-state index contributed by atoms with van der Waals surface area (Å²) in [5.74, 6) is 0.658. The monoisotopic (exact) mass is 454 g/mol. The third kappa shape index (κ3) is 4.58.